The summed E-state index contributed by atoms with van der Waals surface area (Å²) in [5.41, 5.74) is 0.838. The Morgan fingerprint density at radius 3 is 1.42 bits per heavy atom. The van der Waals surface area contributed by atoms with E-state index in [9.17, 15) is 0 Å². The first-order chi connectivity index (χ1) is 15.4. The highest BCUT2D eigenvalue weighted by Crippen LogP contribution is 2.32. The van der Waals surface area contributed by atoms with Crippen molar-refractivity contribution in [3.63, 3.8) is 0 Å². The van der Waals surface area contributed by atoms with E-state index in [4.69, 9.17) is 24.4 Å². The fraction of sp³-hybridized carbons (Fsp3) is 0.348. The zero-order valence-corrected chi connectivity index (χ0v) is 18.3. The third-order valence-electron chi connectivity index (χ3n) is 5.42. The van der Waals surface area contributed by atoms with Gasteiger partial charge >= 0.3 is 0 Å². The highest BCUT2D eigenvalue weighted by Gasteiger charge is 2.25. The Bertz CT molecular complexity index is 904. The third-order valence-corrected chi connectivity index (χ3v) is 7.65. The Kier molecular flexibility index (Phi) is 6.35. The van der Waals surface area contributed by atoms with E-state index in [-0.39, 0.29) is 0 Å². The zero-order chi connectivity index (χ0) is 20.9. The SMILES string of the molecule is c1ccc(P(c2ccccc2)c2nc(N3CCOCC3)nc(N3CCOCC3)n2)cc1. The number of morpholine rings is 2. The van der Waals surface area contributed by atoms with E-state index in [2.05, 4.69) is 58.3 Å². The number of hydrogen-bond donors (Lipinski definition) is 0. The van der Waals surface area contributed by atoms with Gasteiger partial charge in [-0.3, -0.25) is 0 Å². The lowest BCUT2D eigenvalue weighted by atomic mass is 10.4. The molecule has 31 heavy (non-hydrogen) atoms. The molecular weight excluding hydrogens is 409 g/mol. The molecule has 8 heteroatoms. The predicted octanol–water partition coefficient (Wildman–Crippen LogP) is 1.30. The van der Waals surface area contributed by atoms with E-state index < -0.39 is 7.92 Å². The van der Waals surface area contributed by atoms with Crippen LogP contribution in [0.1, 0.15) is 0 Å². The second kappa shape index (κ2) is 9.69. The Balaban J connectivity index is 1.62. The first-order valence-corrected chi connectivity index (χ1v) is 12.0. The minimum atomic E-state index is -0.899. The summed E-state index contributed by atoms with van der Waals surface area (Å²) in [5.74, 6) is 1.49. The lowest BCUT2D eigenvalue weighted by Gasteiger charge is -2.31. The number of ether oxygens (including phenoxy) is 2. The maximum atomic E-state index is 5.55. The fourth-order valence-electron chi connectivity index (χ4n) is 3.79. The first kappa shape index (κ1) is 20.3. The summed E-state index contributed by atoms with van der Waals surface area (Å²) < 4.78 is 11.1. The molecule has 3 heterocycles. The molecule has 2 saturated heterocycles. The lowest BCUT2D eigenvalue weighted by Crippen LogP contribution is -2.42. The van der Waals surface area contributed by atoms with Gasteiger partial charge < -0.3 is 19.3 Å². The van der Waals surface area contributed by atoms with Gasteiger partial charge in [-0.05, 0) is 10.6 Å². The first-order valence-electron chi connectivity index (χ1n) is 10.7. The van der Waals surface area contributed by atoms with Crippen molar-refractivity contribution in [3.8, 4) is 0 Å². The van der Waals surface area contributed by atoms with E-state index in [0.29, 0.717) is 26.4 Å². The van der Waals surface area contributed by atoms with Gasteiger partial charge in [-0.25, -0.2) is 0 Å². The molecule has 0 radical (unpaired) electrons. The van der Waals surface area contributed by atoms with E-state index in [1.165, 1.54) is 10.6 Å². The summed E-state index contributed by atoms with van der Waals surface area (Å²) in [6.07, 6.45) is 0. The molecule has 2 fully saturated rings. The number of benzene rings is 2. The van der Waals surface area contributed by atoms with Crippen LogP contribution in [-0.2, 0) is 9.47 Å². The van der Waals surface area contributed by atoms with Gasteiger partial charge in [-0.2, -0.15) is 15.0 Å². The molecule has 2 aromatic carbocycles. The van der Waals surface area contributed by atoms with Crippen LogP contribution in [0.3, 0.4) is 0 Å². The molecule has 0 spiro atoms. The van der Waals surface area contributed by atoms with E-state index in [1.54, 1.807) is 0 Å². The molecule has 0 saturated carbocycles. The summed E-state index contributed by atoms with van der Waals surface area (Å²) in [7, 11) is -0.899. The van der Waals surface area contributed by atoms with Crippen LogP contribution < -0.4 is 26.0 Å². The van der Waals surface area contributed by atoms with Gasteiger partial charge in [0.05, 0.1) is 26.4 Å². The van der Waals surface area contributed by atoms with Crippen LogP contribution >= 0.6 is 7.92 Å². The molecule has 7 nitrogen and oxygen atoms in total. The molecule has 3 aromatic rings. The summed E-state index contributed by atoms with van der Waals surface area (Å²) in [5, 5.41) is 2.46. The molecule has 2 aliphatic rings. The molecule has 0 amide bonds. The van der Waals surface area contributed by atoms with Crippen molar-refractivity contribution in [1.29, 1.82) is 0 Å². The molecule has 1 aromatic heterocycles. The van der Waals surface area contributed by atoms with Gasteiger partial charge in [-0.1, -0.05) is 60.7 Å². The maximum Gasteiger partial charge on any atom is 0.230 e. The molecule has 0 aliphatic carbocycles. The van der Waals surface area contributed by atoms with Gasteiger partial charge in [0.15, 0.2) is 5.57 Å². The number of anilines is 2. The van der Waals surface area contributed by atoms with Gasteiger partial charge in [0, 0.05) is 34.1 Å². The van der Waals surface area contributed by atoms with E-state index in [1.807, 2.05) is 12.1 Å². The van der Waals surface area contributed by atoms with Crippen molar-refractivity contribution in [2.24, 2.45) is 0 Å². The van der Waals surface area contributed by atoms with Crippen molar-refractivity contribution < 1.29 is 9.47 Å². The molecule has 0 unspecified atom stereocenters. The van der Waals surface area contributed by atoms with Crippen molar-refractivity contribution in [1.82, 2.24) is 15.0 Å². The summed E-state index contributed by atoms with van der Waals surface area (Å²) >= 11 is 0. The summed E-state index contributed by atoms with van der Waals surface area (Å²) in [4.78, 5) is 19.3. The second-order valence-corrected chi connectivity index (χ2v) is 9.54. The standard InChI is InChI=1S/C23H26N5O2P/c1-3-7-19(8-4-1)31(20-9-5-2-6-10-20)23-25-21(27-11-15-29-16-12-27)24-22(26-23)28-13-17-30-18-14-28/h1-10H,11-18H2. The van der Waals surface area contributed by atoms with Crippen LogP contribution in [0, 0.1) is 0 Å². The van der Waals surface area contributed by atoms with Crippen molar-refractivity contribution in [3.05, 3.63) is 60.7 Å². The number of rotatable bonds is 5. The van der Waals surface area contributed by atoms with Gasteiger partial charge in [0.25, 0.3) is 0 Å². The van der Waals surface area contributed by atoms with Crippen molar-refractivity contribution in [2.75, 3.05) is 62.4 Å². The minimum Gasteiger partial charge on any atom is -0.378 e. The van der Waals surface area contributed by atoms with Crippen LogP contribution in [0.5, 0.6) is 0 Å². The minimum absolute atomic E-state index is 0.694. The van der Waals surface area contributed by atoms with Crippen molar-refractivity contribution in [2.45, 2.75) is 0 Å². The van der Waals surface area contributed by atoms with E-state index >= 15 is 0 Å². The van der Waals surface area contributed by atoms with Crippen LogP contribution in [0.25, 0.3) is 0 Å². The molecule has 0 bridgehead atoms. The maximum absolute atomic E-state index is 5.55. The Labute approximate surface area is 183 Å². The quantitative estimate of drug-likeness (QED) is 0.560. The molecule has 5 rings (SSSR count). The Morgan fingerprint density at radius 1 is 0.581 bits per heavy atom. The molecule has 2 aliphatic heterocycles. The van der Waals surface area contributed by atoms with Crippen LogP contribution in [-0.4, -0.2) is 67.6 Å². The monoisotopic (exact) mass is 435 g/mol. The highest BCUT2D eigenvalue weighted by molar-refractivity contribution is 7.79. The zero-order valence-electron chi connectivity index (χ0n) is 17.4. The summed E-state index contributed by atoms with van der Waals surface area (Å²) in [6, 6.07) is 21.1. The van der Waals surface area contributed by atoms with Gasteiger partial charge in [0.1, 0.15) is 0 Å². The average molecular weight is 435 g/mol. The normalized spacial score (nSPS) is 17.2. The topological polar surface area (TPSA) is 63.6 Å². The highest BCUT2D eigenvalue weighted by atomic mass is 31.1. The lowest BCUT2D eigenvalue weighted by molar-refractivity contribution is 0.121. The fourth-order valence-corrected chi connectivity index (χ4v) is 5.87. The van der Waals surface area contributed by atoms with Gasteiger partial charge in [0.2, 0.25) is 11.9 Å². The van der Waals surface area contributed by atoms with Crippen LogP contribution in [0.4, 0.5) is 11.9 Å². The molecule has 0 N–H and O–H groups in total. The molecule has 160 valence electrons. The van der Waals surface area contributed by atoms with Crippen LogP contribution in [0.2, 0.25) is 0 Å². The average Bonchev–Trinajstić information content (AvgIpc) is 2.86. The second-order valence-electron chi connectivity index (χ2n) is 7.44. The largest absolute Gasteiger partial charge is 0.378 e. The Morgan fingerprint density at radius 2 is 1.00 bits per heavy atom. The number of aromatic nitrogens is 3. The summed E-state index contributed by atoms with van der Waals surface area (Å²) in [6.45, 7) is 5.95. The van der Waals surface area contributed by atoms with Crippen molar-refractivity contribution >= 4 is 36.0 Å². The third kappa shape index (κ3) is 4.69. The smallest absolute Gasteiger partial charge is 0.230 e. The number of nitrogens with zero attached hydrogens (tertiary/aromatic N) is 5. The molecule has 0 atom stereocenters. The number of hydrogen-bond acceptors (Lipinski definition) is 7. The predicted molar refractivity (Wildman–Crippen MR) is 125 cm³/mol. The molecular formula is C23H26N5O2P. The van der Waals surface area contributed by atoms with Gasteiger partial charge in [-0.15, -0.1) is 0 Å². The Hall–Kier alpha value is -2.60. The van der Waals surface area contributed by atoms with Crippen LogP contribution in [0.15, 0.2) is 60.7 Å². The van der Waals surface area contributed by atoms with E-state index in [0.717, 1.165) is 43.6 Å².